The molecule has 3 rings (SSSR count). The minimum atomic E-state index is -2.77. The van der Waals surface area contributed by atoms with Gasteiger partial charge in [0.15, 0.2) is 5.66 Å². The topological polar surface area (TPSA) is 85.7 Å². The number of amidine groups is 1. The van der Waals surface area contributed by atoms with Crippen molar-refractivity contribution < 1.29 is 17.9 Å². The Morgan fingerprint density at radius 2 is 1.86 bits per heavy atom. The smallest absolute Gasteiger partial charge is 0.263 e. The van der Waals surface area contributed by atoms with Gasteiger partial charge in [-0.2, -0.15) is 0 Å². The minimum Gasteiger partial charge on any atom is -0.494 e. The third-order valence-corrected chi connectivity index (χ3v) is 4.45. The number of nitrogens with zero attached hydrogens (tertiary/aromatic N) is 1. The summed E-state index contributed by atoms with van der Waals surface area (Å²) >= 11 is 0. The molecule has 0 fully saturated rings. The number of alkyl halides is 2. The lowest BCUT2D eigenvalue weighted by Gasteiger charge is -2.33. The number of rotatable bonds is 5. The Balaban J connectivity index is 2.08. The molecule has 0 aliphatic carbocycles. The monoisotopic (exact) mass is 390 g/mol. The zero-order chi connectivity index (χ0) is 20.5. The van der Waals surface area contributed by atoms with E-state index < -0.39 is 23.5 Å². The van der Waals surface area contributed by atoms with Crippen molar-refractivity contribution in [3.05, 3.63) is 70.7 Å². The molecular weight excluding hydrogens is 369 g/mol. The second-order valence-corrected chi connectivity index (χ2v) is 6.37. The summed E-state index contributed by atoms with van der Waals surface area (Å²) in [6, 6.07) is 10.1. The summed E-state index contributed by atoms with van der Waals surface area (Å²) in [5.41, 5.74) is 11.8. The van der Waals surface area contributed by atoms with Crippen LogP contribution in [-0.2, 0) is 5.66 Å². The Bertz CT molecular complexity index is 941. The fourth-order valence-electron chi connectivity index (χ4n) is 3.07. The van der Waals surface area contributed by atoms with Crippen molar-refractivity contribution in [2.24, 2.45) is 16.5 Å². The van der Waals surface area contributed by atoms with Gasteiger partial charge in [-0.15, -0.1) is 0 Å². The van der Waals surface area contributed by atoms with Crippen LogP contribution in [-0.4, -0.2) is 12.4 Å². The maximum absolute atomic E-state index is 14.5. The van der Waals surface area contributed by atoms with Gasteiger partial charge in [-0.05, 0) is 38.1 Å². The molecule has 1 aliphatic rings. The number of hydrogen-bond acceptors (Lipinski definition) is 5. The molecule has 5 N–H and O–H groups in total. The number of ether oxygens (including phenoxy) is 1. The molecule has 8 heteroatoms. The summed E-state index contributed by atoms with van der Waals surface area (Å²) in [6.07, 6.45) is -2.77. The summed E-state index contributed by atoms with van der Waals surface area (Å²) in [5.74, 6) is 0.255. The molecule has 0 spiro atoms. The van der Waals surface area contributed by atoms with E-state index in [-0.39, 0.29) is 17.0 Å². The number of nitrogens with two attached hydrogens (primary N) is 2. The molecule has 1 aliphatic heterocycles. The molecule has 28 heavy (non-hydrogen) atoms. The van der Waals surface area contributed by atoms with Crippen LogP contribution in [0.25, 0.3) is 5.70 Å². The predicted octanol–water partition coefficient (Wildman–Crippen LogP) is 3.62. The highest BCUT2D eigenvalue weighted by molar-refractivity contribution is 5.93. The molecule has 5 nitrogen and oxygen atoms in total. The average molecular weight is 390 g/mol. The normalized spacial score (nSPS) is 19.5. The maximum atomic E-state index is 14.5. The molecule has 0 radical (unpaired) electrons. The van der Waals surface area contributed by atoms with Gasteiger partial charge in [-0.3, -0.25) is 5.73 Å². The SMILES string of the molecule is CCOc1ccc(C2(N)N=C(C)NC(c3ccc(C(F)F)cc3F)=C2N)cc1. The van der Waals surface area contributed by atoms with Crippen LogP contribution in [0.2, 0.25) is 0 Å². The van der Waals surface area contributed by atoms with Gasteiger partial charge in [0.05, 0.1) is 18.0 Å². The predicted molar refractivity (Wildman–Crippen MR) is 102 cm³/mol. The van der Waals surface area contributed by atoms with E-state index in [2.05, 4.69) is 10.3 Å². The van der Waals surface area contributed by atoms with Gasteiger partial charge >= 0.3 is 0 Å². The first-order chi connectivity index (χ1) is 13.3. The van der Waals surface area contributed by atoms with E-state index in [4.69, 9.17) is 16.2 Å². The van der Waals surface area contributed by atoms with Crippen molar-refractivity contribution >= 4 is 11.5 Å². The summed E-state index contributed by atoms with van der Waals surface area (Å²) in [5, 5.41) is 2.90. The zero-order valence-electron chi connectivity index (χ0n) is 15.5. The first-order valence-corrected chi connectivity index (χ1v) is 8.70. The second-order valence-electron chi connectivity index (χ2n) is 6.37. The number of nitrogens with one attached hydrogen (secondary N) is 1. The molecule has 1 heterocycles. The van der Waals surface area contributed by atoms with E-state index in [0.29, 0.717) is 23.8 Å². The summed E-state index contributed by atoms with van der Waals surface area (Å²) in [7, 11) is 0. The Kier molecular flexibility index (Phi) is 5.33. The molecule has 0 amide bonds. The van der Waals surface area contributed by atoms with Crippen LogP contribution in [0.5, 0.6) is 5.75 Å². The van der Waals surface area contributed by atoms with Gasteiger partial charge in [0.25, 0.3) is 6.43 Å². The molecule has 0 aromatic heterocycles. The lowest BCUT2D eigenvalue weighted by Crippen LogP contribution is -2.47. The van der Waals surface area contributed by atoms with E-state index >= 15 is 0 Å². The summed E-state index contributed by atoms with van der Waals surface area (Å²) in [4.78, 5) is 4.41. The molecule has 0 saturated heterocycles. The summed E-state index contributed by atoms with van der Waals surface area (Å²) < 4.78 is 45.6. The van der Waals surface area contributed by atoms with Gasteiger partial charge in [-0.25, -0.2) is 18.2 Å². The third kappa shape index (κ3) is 3.55. The van der Waals surface area contributed by atoms with Crippen LogP contribution in [0.4, 0.5) is 13.2 Å². The Morgan fingerprint density at radius 1 is 1.18 bits per heavy atom. The van der Waals surface area contributed by atoms with E-state index in [9.17, 15) is 13.2 Å². The number of aliphatic imine (C=N–C) groups is 1. The van der Waals surface area contributed by atoms with Crippen LogP contribution in [0, 0.1) is 5.82 Å². The largest absolute Gasteiger partial charge is 0.494 e. The fraction of sp³-hybridized carbons (Fsp3) is 0.250. The Hall–Kier alpha value is -3.00. The number of halogens is 3. The molecule has 148 valence electrons. The first kappa shape index (κ1) is 19.8. The molecule has 0 bridgehead atoms. The lowest BCUT2D eigenvalue weighted by atomic mass is 9.92. The molecular formula is C20H21F3N4O. The van der Waals surface area contributed by atoms with Gasteiger partial charge < -0.3 is 15.8 Å². The highest BCUT2D eigenvalue weighted by Crippen LogP contribution is 2.35. The van der Waals surface area contributed by atoms with Gasteiger partial charge in [0.1, 0.15) is 17.4 Å². The van der Waals surface area contributed by atoms with Gasteiger partial charge in [0.2, 0.25) is 0 Å². The van der Waals surface area contributed by atoms with Crippen molar-refractivity contribution in [1.82, 2.24) is 5.32 Å². The first-order valence-electron chi connectivity index (χ1n) is 8.70. The summed E-state index contributed by atoms with van der Waals surface area (Å²) in [6.45, 7) is 4.06. The van der Waals surface area contributed by atoms with E-state index in [0.717, 1.165) is 12.1 Å². The molecule has 1 atom stereocenters. The zero-order valence-corrected chi connectivity index (χ0v) is 15.5. The Morgan fingerprint density at radius 3 is 2.43 bits per heavy atom. The standard InChI is InChI=1S/C20H21F3N4O/c1-3-28-14-7-5-13(6-8-14)20(25)18(24)17(26-11(2)27-20)15-9-4-12(19(22)23)10-16(15)21/h4-10,19H,3,24-25H2,1-2H3,(H,26,27). The minimum absolute atomic E-state index is 0.0388. The highest BCUT2D eigenvalue weighted by atomic mass is 19.3. The number of hydrogen-bond donors (Lipinski definition) is 3. The Labute approximate surface area is 160 Å². The fourth-order valence-corrected chi connectivity index (χ4v) is 3.07. The van der Waals surface area contributed by atoms with Crippen LogP contribution in [0.15, 0.2) is 53.2 Å². The molecule has 1 unspecified atom stereocenters. The molecule has 0 saturated carbocycles. The highest BCUT2D eigenvalue weighted by Gasteiger charge is 2.36. The van der Waals surface area contributed by atoms with Crippen molar-refractivity contribution in [1.29, 1.82) is 0 Å². The van der Waals surface area contributed by atoms with E-state index in [1.165, 1.54) is 6.07 Å². The molecule has 2 aromatic carbocycles. The third-order valence-electron chi connectivity index (χ3n) is 4.45. The van der Waals surface area contributed by atoms with Crippen LogP contribution < -0.4 is 21.5 Å². The van der Waals surface area contributed by atoms with Crippen LogP contribution in [0.3, 0.4) is 0 Å². The van der Waals surface area contributed by atoms with Crippen LogP contribution in [0.1, 0.15) is 37.0 Å². The molecule has 2 aromatic rings. The second kappa shape index (κ2) is 7.55. The van der Waals surface area contributed by atoms with Crippen molar-refractivity contribution in [3.63, 3.8) is 0 Å². The average Bonchev–Trinajstić information content (AvgIpc) is 2.65. The van der Waals surface area contributed by atoms with Crippen molar-refractivity contribution in [2.45, 2.75) is 25.9 Å². The van der Waals surface area contributed by atoms with Gasteiger partial charge in [0, 0.05) is 16.7 Å². The number of benzene rings is 2. The van der Waals surface area contributed by atoms with Crippen LogP contribution >= 0.6 is 0 Å². The maximum Gasteiger partial charge on any atom is 0.263 e. The van der Waals surface area contributed by atoms with E-state index in [1.54, 1.807) is 31.2 Å². The van der Waals surface area contributed by atoms with Gasteiger partial charge in [-0.1, -0.05) is 18.2 Å². The van der Waals surface area contributed by atoms with E-state index in [1.807, 2.05) is 6.92 Å². The quantitative estimate of drug-likeness (QED) is 0.728. The lowest BCUT2D eigenvalue weighted by molar-refractivity contribution is 0.151. The van der Waals surface area contributed by atoms with Crippen molar-refractivity contribution in [3.8, 4) is 5.75 Å². The van der Waals surface area contributed by atoms with Crippen molar-refractivity contribution in [2.75, 3.05) is 6.61 Å².